The molecule has 130 valence electrons. The molecule has 3 aromatic heterocycles. The maximum Gasteiger partial charge on any atom is 0.175 e. The zero-order valence-corrected chi connectivity index (χ0v) is 15.2. The van der Waals surface area contributed by atoms with Gasteiger partial charge in [0.25, 0.3) is 0 Å². The van der Waals surface area contributed by atoms with Crippen molar-refractivity contribution in [2.45, 2.75) is 19.9 Å². The van der Waals surface area contributed by atoms with Gasteiger partial charge >= 0.3 is 0 Å². The summed E-state index contributed by atoms with van der Waals surface area (Å²) in [6.07, 6.45) is 3.78. The fraction of sp³-hybridized carbons (Fsp3) is 0.412. The van der Waals surface area contributed by atoms with E-state index < -0.39 is 0 Å². The first-order valence-corrected chi connectivity index (χ1v) is 9.33. The van der Waals surface area contributed by atoms with Crippen molar-refractivity contribution in [1.29, 1.82) is 0 Å². The van der Waals surface area contributed by atoms with Gasteiger partial charge in [-0.25, -0.2) is 9.67 Å². The Morgan fingerprint density at radius 1 is 1.04 bits per heavy atom. The minimum atomic E-state index is 0.374. The number of piperazine rings is 1. The van der Waals surface area contributed by atoms with Crippen molar-refractivity contribution in [3.8, 4) is 5.82 Å². The number of anilines is 1. The van der Waals surface area contributed by atoms with Gasteiger partial charge in [0.1, 0.15) is 5.01 Å². The largest absolute Gasteiger partial charge is 0.353 e. The summed E-state index contributed by atoms with van der Waals surface area (Å²) in [5, 5.41) is 16.3. The second kappa shape index (κ2) is 6.89. The molecule has 0 amide bonds. The first kappa shape index (κ1) is 16.2. The van der Waals surface area contributed by atoms with Gasteiger partial charge in [-0.2, -0.15) is 5.10 Å². The molecule has 0 spiro atoms. The van der Waals surface area contributed by atoms with Crippen LogP contribution < -0.4 is 4.90 Å². The Kier molecular flexibility index (Phi) is 4.46. The van der Waals surface area contributed by atoms with Crippen molar-refractivity contribution >= 4 is 17.2 Å². The highest BCUT2D eigenvalue weighted by Gasteiger charge is 2.24. The van der Waals surface area contributed by atoms with Crippen LogP contribution in [0.25, 0.3) is 5.82 Å². The average molecular weight is 355 g/mol. The molecule has 4 heterocycles. The smallest absolute Gasteiger partial charge is 0.175 e. The van der Waals surface area contributed by atoms with E-state index >= 15 is 0 Å². The fourth-order valence-corrected chi connectivity index (χ4v) is 3.82. The van der Waals surface area contributed by atoms with Crippen LogP contribution in [0.15, 0.2) is 36.0 Å². The van der Waals surface area contributed by atoms with Crippen LogP contribution in [0.2, 0.25) is 0 Å². The third-order valence-corrected chi connectivity index (χ3v) is 5.53. The van der Waals surface area contributed by atoms with Gasteiger partial charge in [0.15, 0.2) is 11.6 Å². The van der Waals surface area contributed by atoms with E-state index in [1.165, 1.54) is 5.01 Å². The van der Waals surface area contributed by atoms with Crippen LogP contribution in [0.4, 0.5) is 5.82 Å². The van der Waals surface area contributed by atoms with Crippen LogP contribution in [0.3, 0.4) is 0 Å². The van der Waals surface area contributed by atoms with Crippen molar-refractivity contribution in [2.24, 2.45) is 0 Å². The molecule has 3 aromatic rings. The van der Waals surface area contributed by atoms with E-state index in [4.69, 9.17) is 0 Å². The SMILES string of the molecule is Cc1ccn(-c2ccc(N3CCN(C(C)c4nccs4)CC3)nn2)n1. The lowest BCUT2D eigenvalue weighted by atomic mass is 10.2. The summed E-state index contributed by atoms with van der Waals surface area (Å²) in [6.45, 7) is 8.10. The Morgan fingerprint density at radius 2 is 1.80 bits per heavy atom. The minimum Gasteiger partial charge on any atom is -0.353 e. The Morgan fingerprint density at radius 3 is 2.40 bits per heavy atom. The maximum atomic E-state index is 4.44. The van der Waals surface area contributed by atoms with Crippen LogP contribution in [0.1, 0.15) is 23.7 Å². The molecule has 0 bridgehead atoms. The van der Waals surface area contributed by atoms with Gasteiger partial charge in [-0.1, -0.05) is 0 Å². The lowest BCUT2D eigenvalue weighted by Crippen LogP contribution is -2.47. The highest BCUT2D eigenvalue weighted by molar-refractivity contribution is 7.09. The third-order valence-electron chi connectivity index (χ3n) is 4.59. The van der Waals surface area contributed by atoms with Gasteiger partial charge < -0.3 is 4.90 Å². The summed E-state index contributed by atoms with van der Waals surface area (Å²) < 4.78 is 1.75. The zero-order chi connectivity index (χ0) is 17.2. The highest BCUT2D eigenvalue weighted by atomic mass is 32.1. The molecule has 8 heteroatoms. The van der Waals surface area contributed by atoms with Crippen molar-refractivity contribution in [3.63, 3.8) is 0 Å². The van der Waals surface area contributed by atoms with Gasteiger partial charge in [0.2, 0.25) is 0 Å². The molecule has 7 nitrogen and oxygen atoms in total. The molecule has 1 fully saturated rings. The molecule has 4 rings (SSSR count). The molecule has 25 heavy (non-hydrogen) atoms. The molecular formula is C17H21N7S. The minimum absolute atomic E-state index is 0.374. The molecular weight excluding hydrogens is 334 g/mol. The number of hydrogen-bond acceptors (Lipinski definition) is 7. The van der Waals surface area contributed by atoms with E-state index in [0.717, 1.165) is 43.5 Å². The number of hydrogen-bond donors (Lipinski definition) is 0. The number of aryl methyl sites for hydroxylation is 1. The van der Waals surface area contributed by atoms with Gasteiger partial charge in [0, 0.05) is 44.0 Å². The normalized spacial score (nSPS) is 17.0. The van der Waals surface area contributed by atoms with Gasteiger partial charge in [-0.05, 0) is 32.0 Å². The summed E-state index contributed by atoms with van der Waals surface area (Å²) >= 11 is 1.73. The molecule has 0 aromatic carbocycles. The second-order valence-corrected chi connectivity index (χ2v) is 7.15. The number of thiazole rings is 1. The Hall–Kier alpha value is -2.32. The predicted octanol–water partition coefficient (Wildman–Crippen LogP) is 2.31. The van der Waals surface area contributed by atoms with Crippen molar-refractivity contribution in [3.05, 3.63) is 46.7 Å². The standard InChI is InChI=1S/C17H21N7S/c1-13-5-7-24(21-13)16-4-3-15(19-20-16)23-10-8-22(9-11-23)14(2)17-18-6-12-25-17/h3-7,12,14H,8-11H2,1-2H3. The van der Waals surface area contributed by atoms with Crippen LogP contribution in [0, 0.1) is 6.92 Å². The average Bonchev–Trinajstić information content (AvgIpc) is 3.33. The Labute approximate surface area is 150 Å². The van der Waals surface area contributed by atoms with E-state index in [-0.39, 0.29) is 0 Å². The van der Waals surface area contributed by atoms with E-state index in [2.05, 4.69) is 37.0 Å². The first-order chi connectivity index (χ1) is 12.2. The van der Waals surface area contributed by atoms with Crippen molar-refractivity contribution in [1.82, 2.24) is 29.9 Å². The summed E-state index contributed by atoms with van der Waals surface area (Å²) in [5.41, 5.74) is 0.969. The lowest BCUT2D eigenvalue weighted by molar-refractivity contribution is 0.198. The van der Waals surface area contributed by atoms with Crippen molar-refractivity contribution < 1.29 is 0 Å². The van der Waals surface area contributed by atoms with Crippen LogP contribution >= 0.6 is 11.3 Å². The van der Waals surface area contributed by atoms with E-state index in [1.54, 1.807) is 16.0 Å². The van der Waals surface area contributed by atoms with E-state index in [9.17, 15) is 0 Å². The Balaban J connectivity index is 1.39. The van der Waals surface area contributed by atoms with E-state index in [1.807, 2.05) is 42.9 Å². The molecule has 0 N–H and O–H groups in total. The van der Waals surface area contributed by atoms with Gasteiger partial charge in [-0.3, -0.25) is 4.90 Å². The van der Waals surface area contributed by atoms with Crippen LogP contribution in [-0.2, 0) is 0 Å². The molecule has 0 saturated carbocycles. The molecule has 1 saturated heterocycles. The quantitative estimate of drug-likeness (QED) is 0.716. The lowest BCUT2D eigenvalue weighted by Gasteiger charge is -2.37. The maximum absolute atomic E-state index is 4.44. The van der Waals surface area contributed by atoms with E-state index in [0.29, 0.717) is 6.04 Å². The molecule has 0 aliphatic carbocycles. The van der Waals surface area contributed by atoms with Crippen LogP contribution in [-0.4, -0.2) is 56.0 Å². The molecule has 1 atom stereocenters. The highest BCUT2D eigenvalue weighted by Crippen LogP contribution is 2.24. The molecule has 1 aliphatic rings. The second-order valence-electron chi connectivity index (χ2n) is 6.22. The summed E-state index contributed by atoms with van der Waals surface area (Å²) in [6, 6.07) is 6.33. The molecule has 0 radical (unpaired) electrons. The predicted molar refractivity (Wildman–Crippen MR) is 98.2 cm³/mol. The summed E-state index contributed by atoms with van der Waals surface area (Å²) in [7, 11) is 0. The summed E-state index contributed by atoms with van der Waals surface area (Å²) in [4.78, 5) is 9.21. The zero-order valence-electron chi connectivity index (χ0n) is 14.4. The Bertz CT molecular complexity index is 804. The number of nitrogens with zero attached hydrogens (tertiary/aromatic N) is 7. The monoisotopic (exact) mass is 355 g/mol. The topological polar surface area (TPSA) is 63.0 Å². The number of rotatable bonds is 4. The van der Waals surface area contributed by atoms with Crippen LogP contribution in [0.5, 0.6) is 0 Å². The summed E-state index contributed by atoms with van der Waals surface area (Å²) in [5.74, 6) is 1.67. The van der Waals surface area contributed by atoms with Crippen molar-refractivity contribution in [2.75, 3.05) is 31.1 Å². The number of aromatic nitrogens is 5. The fourth-order valence-electron chi connectivity index (χ4n) is 3.09. The first-order valence-electron chi connectivity index (χ1n) is 8.45. The molecule has 1 aliphatic heterocycles. The molecule has 1 unspecified atom stereocenters. The van der Waals surface area contributed by atoms with Gasteiger partial charge in [0.05, 0.1) is 11.7 Å². The third kappa shape index (κ3) is 3.40. The van der Waals surface area contributed by atoms with Gasteiger partial charge in [-0.15, -0.1) is 21.5 Å².